The van der Waals surface area contributed by atoms with Crippen molar-refractivity contribution in [1.82, 2.24) is 0 Å². The minimum absolute atomic E-state index is 0.0298. The Kier molecular flexibility index (Phi) is 7.57. The SMILES string of the molecule is O=C(COC(=O)CCCNc1ccccc1[N+](=O)[O-])Nc1cccc(Cl)c1. The van der Waals surface area contributed by atoms with Crippen LogP contribution >= 0.6 is 11.6 Å². The van der Waals surface area contributed by atoms with Crippen LogP contribution in [0.15, 0.2) is 48.5 Å². The maximum absolute atomic E-state index is 11.7. The fraction of sp³-hybridized carbons (Fsp3) is 0.222. The normalized spacial score (nSPS) is 10.1. The number of carbonyl (C=O) groups is 2. The molecule has 1 amide bonds. The molecule has 0 aliphatic carbocycles. The Morgan fingerprint density at radius 2 is 1.93 bits per heavy atom. The minimum atomic E-state index is -0.527. The molecular weight excluding hydrogens is 374 g/mol. The topological polar surface area (TPSA) is 111 Å². The highest BCUT2D eigenvalue weighted by atomic mass is 35.5. The van der Waals surface area contributed by atoms with Crippen LogP contribution in [0.1, 0.15) is 12.8 Å². The standard InChI is InChI=1S/C18H18ClN3O5/c19-13-5-3-6-14(11-13)21-17(23)12-27-18(24)9-4-10-20-15-7-1-2-8-16(15)22(25)26/h1-3,5-8,11,20H,4,9-10,12H2,(H,21,23). The third-order valence-corrected chi connectivity index (χ3v) is 3.68. The number of carbonyl (C=O) groups excluding carboxylic acids is 2. The van der Waals surface area contributed by atoms with Gasteiger partial charge in [-0.25, -0.2) is 0 Å². The number of amides is 1. The molecule has 0 radical (unpaired) electrons. The Hall–Kier alpha value is -3.13. The highest BCUT2D eigenvalue weighted by Gasteiger charge is 2.12. The summed E-state index contributed by atoms with van der Waals surface area (Å²) in [5, 5.41) is 16.9. The van der Waals surface area contributed by atoms with E-state index < -0.39 is 23.4 Å². The summed E-state index contributed by atoms with van der Waals surface area (Å²) in [6.45, 7) is -0.0441. The number of nitrogens with zero attached hydrogens (tertiary/aromatic N) is 1. The fourth-order valence-corrected chi connectivity index (χ4v) is 2.41. The Bertz CT molecular complexity index is 828. The molecule has 0 saturated heterocycles. The Morgan fingerprint density at radius 3 is 2.67 bits per heavy atom. The molecule has 2 aromatic rings. The number of hydrogen-bond acceptors (Lipinski definition) is 6. The molecule has 0 bridgehead atoms. The first kappa shape index (κ1) is 20.2. The molecule has 142 valence electrons. The molecule has 0 spiro atoms. The van der Waals surface area contributed by atoms with Gasteiger partial charge in [0.15, 0.2) is 6.61 Å². The molecule has 27 heavy (non-hydrogen) atoms. The molecule has 0 aliphatic rings. The van der Waals surface area contributed by atoms with Gasteiger partial charge in [-0.1, -0.05) is 29.8 Å². The molecular formula is C18H18ClN3O5. The van der Waals surface area contributed by atoms with Gasteiger partial charge in [-0.15, -0.1) is 0 Å². The van der Waals surface area contributed by atoms with Crippen molar-refractivity contribution in [3.05, 3.63) is 63.7 Å². The smallest absolute Gasteiger partial charge is 0.306 e. The van der Waals surface area contributed by atoms with Crippen LogP contribution in [0.4, 0.5) is 17.1 Å². The largest absolute Gasteiger partial charge is 0.456 e. The summed E-state index contributed by atoms with van der Waals surface area (Å²) >= 11 is 5.82. The molecule has 8 nitrogen and oxygen atoms in total. The minimum Gasteiger partial charge on any atom is -0.456 e. The number of benzene rings is 2. The average Bonchev–Trinajstić information content (AvgIpc) is 2.64. The number of nitro groups is 1. The zero-order valence-corrected chi connectivity index (χ0v) is 15.1. The molecule has 0 heterocycles. The van der Waals surface area contributed by atoms with Crippen molar-refractivity contribution in [3.8, 4) is 0 Å². The number of anilines is 2. The average molecular weight is 392 g/mol. The maximum Gasteiger partial charge on any atom is 0.306 e. The van der Waals surface area contributed by atoms with Gasteiger partial charge >= 0.3 is 5.97 Å². The molecule has 0 aliphatic heterocycles. The second-order valence-corrected chi connectivity index (χ2v) is 5.96. The quantitative estimate of drug-likeness (QED) is 0.292. The predicted octanol–water partition coefficient (Wildman–Crippen LogP) is 3.62. The second kappa shape index (κ2) is 10.1. The summed E-state index contributed by atoms with van der Waals surface area (Å²) < 4.78 is 4.90. The van der Waals surface area contributed by atoms with E-state index in [9.17, 15) is 19.7 Å². The molecule has 2 rings (SSSR count). The van der Waals surface area contributed by atoms with Crippen molar-refractivity contribution < 1.29 is 19.2 Å². The predicted molar refractivity (Wildman–Crippen MR) is 102 cm³/mol. The number of para-hydroxylation sites is 2. The number of nitro benzene ring substituents is 1. The van der Waals surface area contributed by atoms with Crippen molar-refractivity contribution in [2.75, 3.05) is 23.8 Å². The summed E-state index contributed by atoms with van der Waals surface area (Å²) in [4.78, 5) is 33.8. The van der Waals surface area contributed by atoms with Gasteiger partial charge in [0.2, 0.25) is 0 Å². The van der Waals surface area contributed by atoms with Crippen LogP contribution in [0.5, 0.6) is 0 Å². The van der Waals surface area contributed by atoms with Crippen LogP contribution in [0, 0.1) is 10.1 Å². The first-order chi connectivity index (χ1) is 13.0. The number of hydrogen-bond donors (Lipinski definition) is 2. The van der Waals surface area contributed by atoms with Crippen molar-refractivity contribution in [3.63, 3.8) is 0 Å². The summed E-state index contributed by atoms with van der Waals surface area (Å²) in [6, 6.07) is 12.9. The molecule has 0 aromatic heterocycles. The van der Waals surface area contributed by atoms with Crippen LogP contribution in [0.2, 0.25) is 5.02 Å². The lowest BCUT2D eigenvalue weighted by Crippen LogP contribution is -2.21. The van der Waals surface area contributed by atoms with Crippen LogP contribution < -0.4 is 10.6 Å². The van der Waals surface area contributed by atoms with Gasteiger partial charge in [0.1, 0.15) is 5.69 Å². The van der Waals surface area contributed by atoms with Crippen molar-refractivity contribution >= 4 is 40.5 Å². The van der Waals surface area contributed by atoms with Crippen LogP contribution in [0.3, 0.4) is 0 Å². The molecule has 0 atom stereocenters. The van der Waals surface area contributed by atoms with Gasteiger partial charge in [-0.3, -0.25) is 19.7 Å². The highest BCUT2D eigenvalue weighted by molar-refractivity contribution is 6.30. The summed E-state index contributed by atoms with van der Waals surface area (Å²) in [6.07, 6.45) is 0.485. The van der Waals surface area contributed by atoms with E-state index in [1.165, 1.54) is 6.07 Å². The summed E-state index contributed by atoms with van der Waals surface area (Å²) in [5.74, 6) is -0.996. The van der Waals surface area contributed by atoms with Crippen LogP contribution in [0.25, 0.3) is 0 Å². The number of halogens is 1. The lowest BCUT2D eigenvalue weighted by atomic mass is 10.2. The number of rotatable bonds is 9. The van der Waals surface area contributed by atoms with Gasteiger partial charge in [0.25, 0.3) is 11.6 Å². The van der Waals surface area contributed by atoms with Gasteiger partial charge in [-0.2, -0.15) is 0 Å². The Balaban J connectivity index is 1.66. The molecule has 0 fully saturated rings. The zero-order chi connectivity index (χ0) is 19.6. The lowest BCUT2D eigenvalue weighted by molar-refractivity contribution is -0.384. The molecule has 9 heteroatoms. The van der Waals surface area contributed by atoms with Gasteiger partial charge < -0.3 is 15.4 Å². The van der Waals surface area contributed by atoms with E-state index in [4.69, 9.17) is 16.3 Å². The van der Waals surface area contributed by atoms with Crippen molar-refractivity contribution in [2.24, 2.45) is 0 Å². The number of nitrogens with one attached hydrogen (secondary N) is 2. The van der Waals surface area contributed by atoms with Crippen LogP contribution in [-0.4, -0.2) is 30.0 Å². The monoisotopic (exact) mass is 391 g/mol. The van der Waals surface area contributed by atoms with Crippen molar-refractivity contribution in [2.45, 2.75) is 12.8 Å². The van der Waals surface area contributed by atoms with E-state index in [0.29, 0.717) is 29.4 Å². The van der Waals surface area contributed by atoms with Gasteiger partial charge in [0.05, 0.1) is 4.92 Å². The maximum atomic E-state index is 11.7. The van der Waals surface area contributed by atoms with E-state index in [1.807, 2.05) is 0 Å². The summed E-state index contributed by atoms with van der Waals surface area (Å²) in [5.41, 5.74) is 0.867. The number of esters is 1. The molecule has 2 N–H and O–H groups in total. The molecule has 0 unspecified atom stereocenters. The van der Waals surface area contributed by atoms with Gasteiger partial charge in [-0.05, 0) is 30.7 Å². The van der Waals surface area contributed by atoms with E-state index in [1.54, 1.807) is 42.5 Å². The Labute approximate surface area is 160 Å². The van der Waals surface area contributed by atoms with E-state index in [2.05, 4.69) is 10.6 Å². The van der Waals surface area contributed by atoms with Crippen LogP contribution in [-0.2, 0) is 14.3 Å². The number of ether oxygens (including phenoxy) is 1. The third-order valence-electron chi connectivity index (χ3n) is 3.45. The van der Waals surface area contributed by atoms with E-state index in [0.717, 1.165) is 0 Å². The van der Waals surface area contributed by atoms with E-state index >= 15 is 0 Å². The second-order valence-electron chi connectivity index (χ2n) is 5.52. The Morgan fingerprint density at radius 1 is 1.15 bits per heavy atom. The molecule has 0 saturated carbocycles. The van der Waals surface area contributed by atoms with Gasteiger partial charge in [0, 0.05) is 29.7 Å². The summed E-state index contributed by atoms with van der Waals surface area (Å²) in [7, 11) is 0. The molecule has 2 aromatic carbocycles. The zero-order valence-electron chi connectivity index (χ0n) is 14.3. The highest BCUT2D eigenvalue weighted by Crippen LogP contribution is 2.23. The first-order valence-corrected chi connectivity index (χ1v) is 8.52. The lowest BCUT2D eigenvalue weighted by Gasteiger charge is -2.08. The first-order valence-electron chi connectivity index (χ1n) is 8.14. The third kappa shape index (κ3) is 6.95. The van der Waals surface area contributed by atoms with Crippen molar-refractivity contribution in [1.29, 1.82) is 0 Å². The fourth-order valence-electron chi connectivity index (χ4n) is 2.22. The van der Waals surface area contributed by atoms with E-state index in [-0.39, 0.29) is 12.1 Å².